The standard InChI is InChI=1S/C16H19N3O2/c20-16(17-13-15-7-4-12-21-15)19-10-8-18(9-11-19)14-5-2-1-3-6-14/h1-7,12H,8-11,13H2,(H,17,20). The van der Waals surface area contributed by atoms with Crippen molar-refractivity contribution >= 4 is 11.7 Å². The fraction of sp³-hybridized carbons (Fsp3) is 0.312. The molecule has 1 aromatic heterocycles. The Bertz CT molecular complexity index is 560. The molecular weight excluding hydrogens is 266 g/mol. The van der Waals surface area contributed by atoms with Crippen LogP contribution in [0.5, 0.6) is 0 Å². The second-order valence-corrected chi connectivity index (χ2v) is 5.05. The number of furan rings is 1. The third-order valence-electron chi connectivity index (χ3n) is 3.68. The molecule has 1 fully saturated rings. The molecule has 2 amide bonds. The monoisotopic (exact) mass is 285 g/mol. The van der Waals surface area contributed by atoms with Crippen molar-refractivity contribution in [1.82, 2.24) is 10.2 Å². The summed E-state index contributed by atoms with van der Waals surface area (Å²) in [6, 6.07) is 13.9. The van der Waals surface area contributed by atoms with Gasteiger partial charge in [-0.3, -0.25) is 0 Å². The Morgan fingerprint density at radius 3 is 2.48 bits per heavy atom. The van der Waals surface area contributed by atoms with Crippen LogP contribution >= 0.6 is 0 Å². The zero-order valence-electron chi connectivity index (χ0n) is 11.9. The maximum absolute atomic E-state index is 12.1. The van der Waals surface area contributed by atoms with Gasteiger partial charge in [-0.2, -0.15) is 0 Å². The van der Waals surface area contributed by atoms with Gasteiger partial charge in [-0.05, 0) is 24.3 Å². The van der Waals surface area contributed by atoms with E-state index in [0.29, 0.717) is 6.54 Å². The van der Waals surface area contributed by atoms with E-state index in [2.05, 4.69) is 22.3 Å². The van der Waals surface area contributed by atoms with Crippen molar-refractivity contribution < 1.29 is 9.21 Å². The minimum atomic E-state index is -0.0286. The lowest BCUT2D eigenvalue weighted by Crippen LogP contribution is -2.51. The molecule has 110 valence electrons. The van der Waals surface area contributed by atoms with Gasteiger partial charge in [-0.15, -0.1) is 0 Å². The van der Waals surface area contributed by atoms with Crippen molar-refractivity contribution in [1.29, 1.82) is 0 Å². The second-order valence-electron chi connectivity index (χ2n) is 5.05. The largest absolute Gasteiger partial charge is 0.467 e. The summed E-state index contributed by atoms with van der Waals surface area (Å²) in [5.74, 6) is 0.770. The van der Waals surface area contributed by atoms with Crippen LogP contribution in [-0.2, 0) is 6.54 Å². The average Bonchev–Trinajstić information content (AvgIpc) is 3.07. The average molecular weight is 285 g/mol. The molecule has 0 aliphatic carbocycles. The van der Waals surface area contributed by atoms with Crippen molar-refractivity contribution in [2.75, 3.05) is 31.1 Å². The van der Waals surface area contributed by atoms with Gasteiger partial charge in [0.2, 0.25) is 0 Å². The van der Waals surface area contributed by atoms with Crippen LogP contribution in [-0.4, -0.2) is 37.1 Å². The molecule has 0 radical (unpaired) electrons. The van der Waals surface area contributed by atoms with Crippen molar-refractivity contribution in [2.24, 2.45) is 0 Å². The van der Waals surface area contributed by atoms with Gasteiger partial charge < -0.3 is 19.5 Å². The minimum absolute atomic E-state index is 0.0286. The fourth-order valence-corrected chi connectivity index (χ4v) is 2.49. The lowest BCUT2D eigenvalue weighted by atomic mass is 10.2. The van der Waals surface area contributed by atoms with Crippen LogP contribution in [0, 0.1) is 0 Å². The number of carbonyl (C=O) groups excluding carboxylic acids is 1. The summed E-state index contributed by atoms with van der Waals surface area (Å²) in [7, 11) is 0. The van der Waals surface area contributed by atoms with Crippen LogP contribution in [0.1, 0.15) is 5.76 Å². The zero-order valence-corrected chi connectivity index (χ0v) is 11.9. The van der Waals surface area contributed by atoms with Gasteiger partial charge in [-0.1, -0.05) is 18.2 Å². The molecule has 2 heterocycles. The Labute approximate surface area is 124 Å². The first-order valence-corrected chi connectivity index (χ1v) is 7.18. The third kappa shape index (κ3) is 3.37. The summed E-state index contributed by atoms with van der Waals surface area (Å²) >= 11 is 0. The summed E-state index contributed by atoms with van der Waals surface area (Å²) < 4.78 is 5.20. The van der Waals surface area contributed by atoms with E-state index in [0.717, 1.165) is 31.9 Å². The van der Waals surface area contributed by atoms with Crippen LogP contribution in [0.2, 0.25) is 0 Å². The van der Waals surface area contributed by atoms with E-state index in [-0.39, 0.29) is 6.03 Å². The molecule has 0 atom stereocenters. The van der Waals surface area contributed by atoms with Gasteiger partial charge in [-0.25, -0.2) is 4.79 Å². The van der Waals surface area contributed by atoms with E-state index in [4.69, 9.17) is 4.42 Å². The van der Waals surface area contributed by atoms with Crippen molar-refractivity contribution in [3.63, 3.8) is 0 Å². The van der Waals surface area contributed by atoms with Gasteiger partial charge in [0, 0.05) is 31.9 Å². The molecule has 3 rings (SSSR count). The Morgan fingerprint density at radius 1 is 1.05 bits per heavy atom. The molecule has 0 unspecified atom stereocenters. The molecule has 0 saturated carbocycles. The van der Waals surface area contributed by atoms with E-state index in [1.54, 1.807) is 6.26 Å². The highest BCUT2D eigenvalue weighted by molar-refractivity contribution is 5.74. The molecular formula is C16H19N3O2. The van der Waals surface area contributed by atoms with Crippen LogP contribution in [0.15, 0.2) is 53.1 Å². The van der Waals surface area contributed by atoms with E-state index < -0.39 is 0 Å². The van der Waals surface area contributed by atoms with Crippen LogP contribution in [0.3, 0.4) is 0 Å². The van der Waals surface area contributed by atoms with Crippen molar-refractivity contribution in [3.8, 4) is 0 Å². The first-order valence-electron chi connectivity index (χ1n) is 7.18. The van der Waals surface area contributed by atoms with Gasteiger partial charge in [0.25, 0.3) is 0 Å². The Kier molecular flexibility index (Phi) is 4.09. The molecule has 2 aromatic rings. The Hall–Kier alpha value is -2.43. The summed E-state index contributed by atoms with van der Waals surface area (Å²) in [6.45, 7) is 3.62. The van der Waals surface area contributed by atoms with E-state index in [9.17, 15) is 4.79 Å². The molecule has 1 N–H and O–H groups in total. The van der Waals surface area contributed by atoms with E-state index >= 15 is 0 Å². The van der Waals surface area contributed by atoms with Gasteiger partial charge in [0.05, 0.1) is 12.8 Å². The van der Waals surface area contributed by atoms with Crippen LogP contribution in [0.25, 0.3) is 0 Å². The number of hydrogen-bond donors (Lipinski definition) is 1. The smallest absolute Gasteiger partial charge is 0.317 e. The number of nitrogens with zero attached hydrogens (tertiary/aromatic N) is 2. The summed E-state index contributed by atoms with van der Waals surface area (Å²) in [6.07, 6.45) is 1.61. The molecule has 1 aromatic carbocycles. The number of benzene rings is 1. The summed E-state index contributed by atoms with van der Waals surface area (Å²) in [5.41, 5.74) is 1.22. The number of anilines is 1. The summed E-state index contributed by atoms with van der Waals surface area (Å²) in [4.78, 5) is 16.2. The number of para-hydroxylation sites is 1. The number of urea groups is 1. The zero-order chi connectivity index (χ0) is 14.5. The number of hydrogen-bond acceptors (Lipinski definition) is 3. The predicted molar refractivity (Wildman–Crippen MR) is 81.2 cm³/mol. The molecule has 1 aliphatic heterocycles. The Morgan fingerprint density at radius 2 is 1.81 bits per heavy atom. The maximum atomic E-state index is 12.1. The molecule has 5 nitrogen and oxygen atoms in total. The second kappa shape index (κ2) is 6.35. The summed E-state index contributed by atoms with van der Waals surface area (Å²) in [5, 5.41) is 2.88. The lowest BCUT2D eigenvalue weighted by Gasteiger charge is -2.36. The number of nitrogens with one attached hydrogen (secondary N) is 1. The van der Waals surface area contributed by atoms with Crippen LogP contribution in [0.4, 0.5) is 10.5 Å². The molecule has 21 heavy (non-hydrogen) atoms. The van der Waals surface area contributed by atoms with Crippen molar-refractivity contribution in [3.05, 3.63) is 54.5 Å². The van der Waals surface area contributed by atoms with Crippen molar-refractivity contribution in [2.45, 2.75) is 6.54 Å². The molecule has 0 bridgehead atoms. The molecule has 5 heteroatoms. The van der Waals surface area contributed by atoms with E-state index in [1.165, 1.54) is 5.69 Å². The third-order valence-corrected chi connectivity index (χ3v) is 3.68. The lowest BCUT2D eigenvalue weighted by molar-refractivity contribution is 0.193. The number of amides is 2. The predicted octanol–water partition coefficient (Wildman–Crippen LogP) is 2.31. The van der Waals surface area contributed by atoms with Gasteiger partial charge >= 0.3 is 6.03 Å². The number of rotatable bonds is 3. The van der Waals surface area contributed by atoms with Gasteiger partial charge in [0.1, 0.15) is 5.76 Å². The van der Waals surface area contributed by atoms with Gasteiger partial charge in [0.15, 0.2) is 0 Å². The highest BCUT2D eigenvalue weighted by Crippen LogP contribution is 2.15. The molecule has 1 aliphatic rings. The number of carbonyl (C=O) groups is 1. The normalized spacial score (nSPS) is 15.0. The SMILES string of the molecule is O=C(NCc1ccco1)N1CCN(c2ccccc2)CC1. The highest BCUT2D eigenvalue weighted by Gasteiger charge is 2.20. The highest BCUT2D eigenvalue weighted by atomic mass is 16.3. The first kappa shape index (κ1) is 13.5. The quantitative estimate of drug-likeness (QED) is 0.941. The number of piperazine rings is 1. The Balaban J connectivity index is 1.48. The molecule has 1 saturated heterocycles. The fourth-order valence-electron chi connectivity index (χ4n) is 2.49. The topological polar surface area (TPSA) is 48.7 Å². The first-order chi connectivity index (χ1) is 10.3. The molecule has 0 spiro atoms. The van der Waals surface area contributed by atoms with E-state index in [1.807, 2.05) is 35.2 Å². The van der Waals surface area contributed by atoms with Crippen LogP contribution < -0.4 is 10.2 Å². The minimum Gasteiger partial charge on any atom is -0.467 e. The maximum Gasteiger partial charge on any atom is 0.317 e.